The first-order valence-electron chi connectivity index (χ1n) is 9.21. The zero-order valence-corrected chi connectivity index (χ0v) is 17.4. The predicted octanol–water partition coefficient (Wildman–Crippen LogP) is 5.76. The molecule has 1 aromatic carbocycles. The van der Waals surface area contributed by atoms with Gasteiger partial charge in [-0.15, -0.1) is 12.8 Å². The second-order valence-electron chi connectivity index (χ2n) is 5.62. The van der Waals surface area contributed by atoms with E-state index in [1.165, 1.54) is 29.8 Å². The molecule has 1 aliphatic heterocycles. The van der Waals surface area contributed by atoms with Crippen molar-refractivity contribution in [1.82, 2.24) is 4.90 Å². The summed E-state index contributed by atoms with van der Waals surface area (Å²) in [7, 11) is 6.28. The van der Waals surface area contributed by atoms with Gasteiger partial charge in [0, 0.05) is 18.4 Å². The normalized spacial score (nSPS) is 14.3. The van der Waals surface area contributed by atoms with Gasteiger partial charge in [-0.2, -0.15) is 0 Å². The van der Waals surface area contributed by atoms with Crippen LogP contribution in [-0.2, 0) is 6.42 Å². The van der Waals surface area contributed by atoms with Gasteiger partial charge < -0.3 is 9.80 Å². The molecule has 0 fully saturated rings. The van der Waals surface area contributed by atoms with Crippen molar-refractivity contribution in [2.75, 3.05) is 32.6 Å². The van der Waals surface area contributed by atoms with Gasteiger partial charge in [-0.25, -0.2) is 0 Å². The van der Waals surface area contributed by atoms with Gasteiger partial charge in [-0.1, -0.05) is 51.1 Å². The van der Waals surface area contributed by atoms with E-state index >= 15 is 0 Å². The maximum atomic E-state index is 4.00. The summed E-state index contributed by atoms with van der Waals surface area (Å²) in [6, 6.07) is 8.70. The van der Waals surface area contributed by atoms with E-state index in [2.05, 4.69) is 100 Å². The maximum absolute atomic E-state index is 4.00. The minimum Gasteiger partial charge on any atom is -0.348 e. The zero-order valence-electron chi connectivity index (χ0n) is 17.4. The van der Waals surface area contributed by atoms with Crippen molar-refractivity contribution in [3.8, 4) is 12.8 Å². The molecule has 0 N–H and O–H groups in total. The van der Waals surface area contributed by atoms with E-state index in [0.29, 0.717) is 0 Å². The number of terminal acetylenes is 1. The monoisotopic (exact) mass is 342 g/mol. The fourth-order valence-electron chi connectivity index (χ4n) is 2.23. The molecular weight excluding hydrogens is 304 g/mol. The average molecular weight is 343 g/mol. The Morgan fingerprint density at radius 2 is 1.68 bits per heavy atom. The van der Waals surface area contributed by atoms with Crippen LogP contribution in [0, 0.1) is 12.8 Å². The van der Waals surface area contributed by atoms with Crippen molar-refractivity contribution < 1.29 is 0 Å². The fraction of sp³-hybridized carbons (Fsp3) is 0.478. The Morgan fingerprint density at radius 1 is 1.12 bits per heavy atom. The summed E-state index contributed by atoms with van der Waals surface area (Å²) in [6.07, 6.45) is 18.0. The molecule has 2 heteroatoms. The third kappa shape index (κ3) is 10.5. The lowest BCUT2D eigenvalue weighted by Crippen LogP contribution is -2.15. The number of rotatable bonds is 2. The van der Waals surface area contributed by atoms with E-state index in [-0.39, 0.29) is 0 Å². The van der Waals surface area contributed by atoms with Gasteiger partial charge in [0.05, 0.1) is 0 Å². The molecular formula is C23H38N2. The Bertz CT molecular complexity index is 510. The van der Waals surface area contributed by atoms with Crippen molar-refractivity contribution in [2.24, 2.45) is 0 Å². The first-order chi connectivity index (χ1) is 12.1. The Balaban J connectivity index is 0. The van der Waals surface area contributed by atoms with Gasteiger partial charge in [-0.3, -0.25) is 0 Å². The Hall–Kier alpha value is -1.98. The van der Waals surface area contributed by atoms with Gasteiger partial charge in [0.1, 0.15) is 0 Å². The van der Waals surface area contributed by atoms with Crippen LogP contribution in [0.25, 0.3) is 0 Å². The fourth-order valence-corrected chi connectivity index (χ4v) is 2.23. The number of hydrogen-bond donors (Lipinski definition) is 0. The van der Waals surface area contributed by atoms with Crippen LogP contribution in [0.4, 0.5) is 5.69 Å². The molecule has 1 aliphatic rings. The van der Waals surface area contributed by atoms with Gasteiger partial charge >= 0.3 is 0 Å². The second-order valence-corrected chi connectivity index (χ2v) is 5.62. The van der Waals surface area contributed by atoms with Crippen LogP contribution in [0.5, 0.6) is 0 Å². The van der Waals surface area contributed by atoms with Crippen LogP contribution in [0.15, 0.2) is 48.2 Å². The lowest BCUT2D eigenvalue weighted by atomic mass is 10.1. The van der Waals surface area contributed by atoms with Crippen LogP contribution < -0.4 is 4.90 Å². The van der Waals surface area contributed by atoms with E-state index < -0.39 is 0 Å². The summed E-state index contributed by atoms with van der Waals surface area (Å²) in [5.74, 6) is 0. The Labute approximate surface area is 157 Å². The van der Waals surface area contributed by atoms with Gasteiger partial charge in [0.2, 0.25) is 0 Å². The third-order valence-corrected chi connectivity index (χ3v) is 3.78. The molecule has 0 radical (unpaired) electrons. The van der Waals surface area contributed by atoms with Crippen molar-refractivity contribution in [1.29, 1.82) is 0 Å². The Morgan fingerprint density at radius 3 is 2.20 bits per heavy atom. The minimum absolute atomic E-state index is 1.14. The highest BCUT2D eigenvalue weighted by Gasteiger charge is 2.14. The van der Waals surface area contributed by atoms with E-state index in [9.17, 15) is 0 Å². The average Bonchev–Trinajstić information content (AvgIpc) is 2.83. The lowest BCUT2D eigenvalue weighted by Gasteiger charge is -2.22. The smallest absolute Gasteiger partial charge is 0.0438 e. The largest absolute Gasteiger partial charge is 0.348 e. The summed E-state index contributed by atoms with van der Waals surface area (Å²) in [5.41, 5.74) is 4.23. The first kappa shape index (κ1) is 25.3. The standard InChI is InChI=1S/C15H19N.C4H11N.C2H6.C2H2/c1-3-4-10-14-11-7-9-13-8-5-6-12-15(13)16(14)2;1-4-5(2)3;2*1-2/h3-6,8,10,12H,7,9,11H2,1-2H3;4H2,1-3H3;1-2H3;1-2H/b4-3-,14-10+;;;. The van der Waals surface area contributed by atoms with Crippen LogP contribution in [0.3, 0.4) is 0 Å². The minimum atomic E-state index is 1.14. The summed E-state index contributed by atoms with van der Waals surface area (Å²) in [4.78, 5) is 4.45. The van der Waals surface area contributed by atoms with Gasteiger partial charge in [-0.05, 0) is 64.5 Å². The van der Waals surface area contributed by atoms with E-state index in [1.54, 1.807) is 0 Å². The van der Waals surface area contributed by atoms with Crippen LogP contribution in [0.2, 0.25) is 0 Å². The zero-order chi connectivity index (χ0) is 19.7. The maximum Gasteiger partial charge on any atom is 0.0438 e. The van der Waals surface area contributed by atoms with Gasteiger partial charge in [0.15, 0.2) is 0 Å². The number of para-hydroxylation sites is 1. The van der Waals surface area contributed by atoms with E-state index in [1.807, 2.05) is 13.8 Å². The molecule has 0 aliphatic carbocycles. The van der Waals surface area contributed by atoms with E-state index in [0.717, 1.165) is 13.0 Å². The molecule has 1 heterocycles. The molecule has 0 saturated heterocycles. The van der Waals surface area contributed by atoms with Crippen molar-refractivity contribution in [3.63, 3.8) is 0 Å². The number of aryl methyl sites for hydroxylation is 1. The number of anilines is 1. The molecule has 25 heavy (non-hydrogen) atoms. The molecule has 140 valence electrons. The van der Waals surface area contributed by atoms with Crippen molar-refractivity contribution >= 4 is 5.69 Å². The second kappa shape index (κ2) is 16.9. The number of fused-ring (bicyclic) bond motifs is 1. The summed E-state index contributed by atoms with van der Waals surface area (Å²) < 4.78 is 0. The lowest BCUT2D eigenvalue weighted by molar-refractivity contribution is 0.434. The number of hydrogen-bond acceptors (Lipinski definition) is 2. The third-order valence-electron chi connectivity index (χ3n) is 3.78. The molecule has 0 unspecified atom stereocenters. The quantitative estimate of drug-likeness (QED) is 0.630. The Kier molecular flexibility index (Phi) is 17.0. The SMILES string of the molecule is C#C.C/C=C\C=C1/CCCc2ccccc2N1C.CC.CCN(C)C. The van der Waals surface area contributed by atoms with E-state index in [4.69, 9.17) is 0 Å². The first-order valence-corrected chi connectivity index (χ1v) is 9.21. The molecule has 0 amide bonds. The summed E-state index contributed by atoms with van der Waals surface area (Å²) >= 11 is 0. The summed E-state index contributed by atoms with van der Waals surface area (Å²) in [5, 5.41) is 0. The molecule has 2 rings (SSSR count). The highest BCUT2D eigenvalue weighted by Crippen LogP contribution is 2.29. The predicted molar refractivity (Wildman–Crippen MR) is 116 cm³/mol. The molecule has 0 aromatic heterocycles. The van der Waals surface area contributed by atoms with Gasteiger partial charge in [0.25, 0.3) is 0 Å². The molecule has 1 aromatic rings. The topological polar surface area (TPSA) is 6.48 Å². The summed E-state index contributed by atoms with van der Waals surface area (Å²) in [6.45, 7) is 9.32. The number of benzene rings is 1. The van der Waals surface area contributed by atoms with Crippen molar-refractivity contribution in [2.45, 2.75) is 47.0 Å². The molecule has 0 saturated carbocycles. The highest BCUT2D eigenvalue weighted by molar-refractivity contribution is 5.58. The highest BCUT2D eigenvalue weighted by atomic mass is 15.1. The number of nitrogens with zero attached hydrogens (tertiary/aromatic N) is 2. The van der Waals surface area contributed by atoms with Crippen molar-refractivity contribution in [3.05, 3.63) is 53.8 Å². The number of allylic oxidation sites excluding steroid dienone is 4. The molecule has 0 bridgehead atoms. The molecule has 0 spiro atoms. The van der Waals surface area contributed by atoms with Crippen LogP contribution in [-0.4, -0.2) is 32.6 Å². The molecule has 0 atom stereocenters. The van der Waals surface area contributed by atoms with Crippen LogP contribution in [0.1, 0.15) is 46.1 Å². The van der Waals surface area contributed by atoms with Crippen LogP contribution >= 0.6 is 0 Å². The molecule has 2 nitrogen and oxygen atoms in total.